The number of carbonyl (C=O) groups is 1. The lowest BCUT2D eigenvalue weighted by molar-refractivity contribution is -0.131. The van der Waals surface area contributed by atoms with E-state index in [-0.39, 0.29) is 5.11 Å². The zero-order valence-corrected chi connectivity index (χ0v) is 10.5. The number of nitrogens with one attached hydrogen (secondary N) is 1. The first-order valence-corrected chi connectivity index (χ1v) is 5.46. The van der Waals surface area contributed by atoms with Gasteiger partial charge in [0, 0.05) is 16.2 Å². The number of hydrogen-bond acceptors (Lipinski definition) is 2. The molecule has 1 aromatic carbocycles. The van der Waals surface area contributed by atoms with E-state index in [9.17, 15) is 4.79 Å². The second-order valence-electron chi connectivity index (χ2n) is 2.89. The van der Waals surface area contributed by atoms with Crippen molar-refractivity contribution in [1.29, 1.82) is 0 Å². The van der Waals surface area contributed by atoms with Crippen molar-refractivity contribution in [2.75, 3.05) is 5.32 Å². The highest BCUT2D eigenvalue weighted by Gasteiger charge is 2.01. The van der Waals surface area contributed by atoms with Gasteiger partial charge in [-0.25, -0.2) is 4.79 Å². The van der Waals surface area contributed by atoms with Crippen molar-refractivity contribution in [1.82, 2.24) is 0 Å². The Labute approximate surface area is 106 Å². The minimum atomic E-state index is -1.01. The molecule has 0 atom stereocenters. The number of anilines is 1. The van der Waals surface area contributed by atoms with Crippen molar-refractivity contribution < 1.29 is 9.90 Å². The molecule has 0 fully saturated rings. The number of thiocarbonyl (C=S) groups is 1. The summed E-state index contributed by atoms with van der Waals surface area (Å²) in [5.74, 6) is -1.01. The van der Waals surface area contributed by atoms with Crippen LogP contribution in [0.2, 0.25) is 0 Å². The molecule has 0 saturated carbocycles. The van der Waals surface area contributed by atoms with Crippen molar-refractivity contribution >= 4 is 51.0 Å². The summed E-state index contributed by atoms with van der Waals surface area (Å²) >= 11 is 8.03. The van der Waals surface area contributed by atoms with Crippen molar-refractivity contribution in [2.45, 2.75) is 0 Å². The number of benzene rings is 1. The Morgan fingerprint density at radius 3 is 2.81 bits per heavy atom. The molecule has 0 aliphatic rings. The number of carboxylic acid groups (broad SMARTS) is 1. The van der Waals surface area contributed by atoms with Crippen molar-refractivity contribution in [3.05, 3.63) is 34.3 Å². The van der Waals surface area contributed by atoms with Crippen LogP contribution in [-0.4, -0.2) is 16.2 Å². The first kappa shape index (κ1) is 12.7. The number of hydrogen-bond donors (Lipinski definition) is 3. The highest BCUT2D eigenvalue weighted by molar-refractivity contribution is 9.10. The van der Waals surface area contributed by atoms with Gasteiger partial charge in [-0.2, -0.15) is 0 Å². The first-order valence-electron chi connectivity index (χ1n) is 4.26. The lowest BCUT2D eigenvalue weighted by atomic mass is 10.1. The Kier molecular flexibility index (Phi) is 4.45. The van der Waals surface area contributed by atoms with Crippen LogP contribution >= 0.6 is 28.1 Å². The Morgan fingerprint density at radius 1 is 1.56 bits per heavy atom. The quantitative estimate of drug-likeness (QED) is 0.589. The first-order chi connectivity index (χ1) is 7.49. The number of aliphatic carboxylic acids is 1. The third-order valence-corrected chi connectivity index (χ3v) is 2.27. The maximum Gasteiger partial charge on any atom is 0.328 e. The predicted molar refractivity (Wildman–Crippen MR) is 71.2 cm³/mol. The number of halogens is 1. The summed E-state index contributed by atoms with van der Waals surface area (Å²) in [5.41, 5.74) is 6.71. The largest absolute Gasteiger partial charge is 0.478 e. The maximum absolute atomic E-state index is 10.4. The third kappa shape index (κ3) is 4.00. The number of carboxylic acids is 1. The van der Waals surface area contributed by atoms with Crippen molar-refractivity contribution in [2.24, 2.45) is 5.73 Å². The van der Waals surface area contributed by atoms with Gasteiger partial charge >= 0.3 is 5.97 Å². The monoisotopic (exact) mass is 300 g/mol. The number of nitrogens with two attached hydrogens (primary N) is 1. The molecular weight excluding hydrogens is 292 g/mol. The Bertz CT molecular complexity index is 460. The van der Waals surface area contributed by atoms with Gasteiger partial charge in [0.05, 0.1) is 0 Å². The van der Waals surface area contributed by atoms with Gasteiger partial charge in [0.15, 0.2) is 5.11 Å². The van der Waals surface area contributed by atoms with Crippen LogP contribution in [0.1, 0.15) is 5.56 Å². The van der Waals surface area contributed by atoms with Gasteiger partial charge in [-0.05, 0) is 36.0 Å². The van der Waals surface area contributed by atoms with Gasteiger partial charge in [0.25, 0.3) is 0 Å². The second-order valence-corrected chi connectivity index (χ2v) is 4.25. The van der Waals surface area contributed by atoms with Gasteiger partial charge in [-0.1, -0.05) is 22.0 Å². The smallest absolute Gasteiger partial charge is 0.328 e. The van der Waals surface area contributed by atoms with Gasteiger partial charge in [0.2, 0.25) is 0 Å². The molecular formula is C10H9BrN2O2S. The van der Waals surface area contributed by atoms with Gasteiger partial charge in [-0.3, -0.25) is 0 Å². The Balaban J connectivity index is 3.06. The second kappa shape index (κ2) is 5.62. The molecule has 4 nitrogen and oxygen atoms in total. The molecule has 0 amide bonds. The summed E-state index contributed by atoms with van der Waals surface area (Å²) in [6.45, 7) is 0. The average molecular weight is 301 g/mol. The summed E-state index contributed by atoms with van der Waals surface area (Å²) in [6, 6.07) is 5.32. The molecule has 16 heavy (non-hydrogen) atoms. The molecule has 0 saturated heterocycles. The zero-order chi connectivity index (χ0) is 12.1. The number of rotatable bonds is 3. The molecule has 1 rings (SSSR count). The van der Waals surface area contributed by atoms with E-state index >= 15 is 0 Å². The van der Waals surface area contributed by atoms with E-state index in [0.29, 0.717) is 11.3 Å². The van der Waals surface area contributed by atoms with Gasteiger partial charge < -0.3 is 16.2 Å². The SMILES string of the molecule is NC(=S)Nc1cc(Br)ccc1C=CC(=O)O. The van der Waals surface area contributed by atoms with Crippen LogP contribution in [0.5, 0.6) is 0 Å². The highest BCUT2D eigenvalue weighted by Crippen LogP contribution is 2.22. The van der Waals surface area contributed by atoms with Crippen LogP contribution in [0.4, 0.5) is 5.69 Å². The summed E-state index contributed by atoms with van der Waals surface area (Å²) < 4.78 is 0.846. The van der Waals surface area contributed by atoms with E-state index in [1.54, 1.807) is 18.2 Å². The molecule has 0 unspecified atom stereocenters. The third-order valence-electron chi connectivity index (χ3n) is 1.68. The highest BCUT2D eigenvalue weighted by atomic mass is 79.9. The van der Waals surface area contributed by atoms with E-state index in [4.69, 9.17) is 23.1 Å². The molecule has 6 heteroatoms. The molecule has 0 radical (unpaired) electrons. The van der Waals surface area contributed by atoms with E-state index < -0.39 is 5.97 Å². The standard InChI is InChI=1S/C10H9BrN2O2S/c11-7-3-1-6(2-4-9(14)15)8(5-7)13-10(12)16/h1-5H,(H,14,15)(H3,12,13,16). The maximum atomic E-state index is 10.4. The molecule has 0 aliphatic heterocycles. The Hall–Kier alpha value is -1.40. The molecule has 4 N–H and O–H groups in total. The summed E-state index contributed by atoms with van der Waals surface area (Å²) in [7, 11) is 0. The van der Waals surface area contributed by atoms with Crippen LogP contribution in [0.15, 0.2) is 28.7 Å². The van der Waals surface area contributed by atoms with E-state index in [2.05, 4.69) is 21.2 Å². The van der Waals surface area contributed by atoms with E-state index in [1.807, 2.05) is 0 Å². The van der Waals surface area contributed by atoms with Crippen LogP contribution in [0.25, 0.3) is 6.08 Å². The van der Waals surface area contributed by atoms with E-state index in [0.717, 1.165) is 10.5 Å². The van der Waals surface area contributed by atoms with Gasteiger partial charge in [0.1, 0.15) is 0 Å². The Morgan fingerprint density at radius 2 is 2.25 bits per heavy atom. The topological polar surface area (TPSA) is 75.3 Å². The van der Waals surface area contributed by atoms with Crippen LogP contribution < -0.4 is 11.1 Å². The molecule has 0 spiro atoms. The molecule has 84 valence electrons. The van der Waals surface area contributed by atoms with Crippen LogP contribution in [0.3, 0.4) is 0 Å². The normalized spacial score (nSPS) is 10.3. The minimum Gasteiger partial charge on any atom is -0.478 e. The molecule has 0 heterocycles. The lowest BCUT2D eigenvalue weighted by Crippen LogP contribution is -2.19. The van der Waals surface area contributed by atoms with Crippen molar-refractivity contribution in [3.63, 3.8) is 0 Å². The predicted octanol–water partition coefficient (Wildman–Crippen LogP) is 2.20. The van der Waals surface area contributed by atoms with E-state index in [1.165, 1.54) is 6.08 Å². The zero-order valence-electron chi connectivity index (χ0n) is 8.11. The minimum absolute atomic E-state index is 0.128. The summed E-state index contributed by atoms with van der Waals surface area (Å²) in [5, 5.41) is 11.4. The summed E-state index contributed by atoms with van der Waals surface area (Å²) in [4.78, 5) is 10.4. The fraction of sp³-hybridized carbons (Fsp3) is 0. The fourth-order valence-electron chi connectivity index (χ4n) is 1.08. The van der Waals surface area contributed by atoms with Crippen LogP contribution in [-0.2, 0) is 4.79 Å². The molecule has 0 aromatic heterocycles. The lowest BCUT2D eigenvalue weighted by Gasteiger charge is -2.08. The fourth-order valence-corrected chi connectivity index (χ4v) is 1.55. The summed E-state index contributed by atoms with van der Waals surface area (Å²) in [6.07, 6.45) is 2.52. The van der Waals surface area contributed by atoms with Gasteiger partial charge in [-0.15, -0.1) is 0 Å². The average Bonchev–Trinajstić information content (AvgIpc) is 2.15. The van der Waals surface area contributed by atoms with Crippen LogP contribution in [0, 0.1) is 0 Å². The molecule has 1 aromatic rings. The molecule has 0 bridgehead atoms. The van der Waals surface area contributed by atoms with Crippen molar-refractivity contribution in [3.8, 4) is 0 Å². The molecule has 0 aliphatic carbocycles.